The lowest BCUT2D eigenvalue weighted by molar-refractivity contribution is -0.0815. The molecule has 0 saturated carbocycles. The number of rotatable bonds is 6. The van der Waals surface area contributed by atoms with Gasteiger partial charge in [0.1, 0.15) is 11.4 Å². The van der Waals surface area contributed by atoms with E-state index in [4.69, 9.17) is 10.5 Å². The first-order chi connectivity index (χ1) is 13.7. The zero-order chi connectivity index (χ0) is 21.2. The highest BCUT2D eigenvalue weighted by atomic mass is 79.9. The molecule has 4 nitrogen and oxygen atoms in total. The minimum absolute atomic E-state index is 0.107. The van der Waals surface area contributed by atoms with Crippen LogP contribution in [0.3, 0.4) is 0 Å². The number of hydrogen-bond donors (Lipinski definition) is 1. The summed E-state index contributed by atoms with van der Waals surface area (Å²) in [6.07, 6.45) is 0.840. The van der Waals surface area contributed by atoms with Crippen LogP contribution in [0.1, 0.15) is 50.8 Å². The van der Waals surface area contributed by atoms with Crippen molar-refractivity contribution in [3.63, 3.8) is 0 Å². The van der Waals surface area contributed by atoms with Crippen LogP contribution in [0.5, 0.6) is 0 Å². The second kappa shape index (κ2) is 8.44. The summed E-state index contributed by atoms with van der Waals surface area (Å²) in [5.74, 6) is -0.311. The van der Waals surface area contributed by atoms with Gasteiger partial charge in [-0.25, -0.2) is 9.18 Å². The van der Waals surface area contributed by atoms with E-state index >= 15 is 0 Å². The van der Waals surface area contributed by atoms with Gasteiger partial charge in [0, 0.05) is 17.4 Å². The first-order valence-corrected chi connectivity index (χ1v) is 10.7. The topological polar surface area (TPSA) is 55.6 Å². The number of ether oxygens (including phenoxy) is 1. The Labute approximate surface area is 180 Å². The molecule has 2 atom stereocenters. The molecule has 0 radical (unpaired) electrons. The fourth-order valence-corrected chi connectivity index (χ4v) is 4.24. The summed E-state index contributed by atoms with van der Waals surface area (Å²) in [4.78, 5) is 14.8. The molecule has 156 valence electrons. The van der Waals surface area contributed by atoms with E-state index in [0.29, 0.717) is 25.9 Å². The van der Waals surface area contributed by atoms with Gasteiger partial charge in [-0.2, -0.15) is 0 Å². The van der Waals surface area contributed by atoms with Crippen LogP contribution in [0.4, 0.5) is 9.18 Å². The number of cyclic esters (lactones) is 1. The van der Waals surface area contributed by atoms with Crippen molar-refractivity contribution in [3.8, 4) is 0 Å². The molecule has 1 aliphatic heterocycles. The minimum Gasteiger partial charge on any atom is -0.438 e. The van der Waals surface area contributed by atoms with E-state index in [-0.39, 0.29) is 23.4 Å². The van der Waals surface area contributed by atoms with Crippen molar-refractivity contribution in [2.75, 3.05) is 13.1 Å². The third-order valence-corrected chi connectivity index (χ3v) is 6.31. The largest absolute Gasteiger partial charge is 0.438 e. The lowest BCUT2D eigenvalue weighted by atomic mass is 9.74. The third-order valence-electron chi connectivity index (χ3n) is 5.78. The average Bonchev–Trinajstić information content (AvgIpc) is 2.68. The van der Waals surface area contributed by atoms with Gasteiger partial charge in [0.2, 0.25) is 0 Å². The maximum Gasteiger partial charge on any atom is 0.411 e. The first kappa shape index (κ1) is 21.8. The van der Waals surface area contributed by atoms with Crippen molar-refractivity contribution >= 4 is 22.0 Å². The van der Waals surface area contributed by atoms with Crippen LogP contribution >= 0.6 is 15.9 Å². The van der Waals surface area contributed by atoms with Gasteiger partial charge in [-0.05, 0) is 60.7 Å². The molecule has 1 fully saturated rings. The van der Waals surface area contributed by atoms with E-state index in [9.17, 15) is 9.18 Å². The zero-order valence-corrected chi connectivity index (χ0v) is 18.7. The van der Waals surface area contributed by atoms with Crippen LogP contribution in [0.15, 0.2) is 53.0 Å². The van der Waals surface area contributed by atoms with Crippen LogP contribution in [0, 0.1) is 11.2 Å². The highest BCUT2D eigenvalue weighted by molar-refractivity contribution is 9.10. The summed E-state index contributed by atoms with van der Waals surface area (Å²) in [6, 6.07) is 14.1. The SMILES string of the molecule is C[C@@H](c1ccc(Br)cc1)N1CCC(CC(C)(C)CN)(c2ccc(F)cc2)OC1=O. The number of halogens is 2. The minimum atomic E-state index is -0.816. The van der Waals surface area contributed by atoms with E-state index < -0.39 is 5.60 Å². The van der Waals surface area contributed by atoms with E-state index in [1.807, 2.05) is 31.2 Å². The Kier molecular flexibility index (Phi) is 6.34. The number of carbonyl (C=O) groups excluding carboxylic acids is 1. The number of nitrogens with zero attached hydrogens (tertiary/aromatic N) is 1. The monoisotopic (exact) mass is 462 g/mol. The summed E-state index contributed by atoms with van der Waals surface area (Å²) in [5.41, 5.74) is 6.78. The quantitative estimate of drug-likeness (QED) is 0.593. The van der Waals surface area contributed by atoms with Crippen LogP contribution in [0.25, 0.3) is 0 Å². The molecule has 2 aromatic carbocycles. The van der Waals surface area contributed by atoms with Gasteiger partial charge >= 0.3 is 6.09 Å². The Balaban J connectivity index is 1.88. The van der Waals surface area contributed by atoms with Gasteiger partial charge in [0.25, 0.3) is 0 Å². The van der Waals surface area contributed by atoms with Crippen molar-refractivity contribution in [2.45, 2.75) is 45.3 Å². The summed E-state index contributed by atoms with van der Waals surface area (Å²) < 4.78 is 20.6. The average molecular weight is 463 g/mol. The molecule has 0 aliphatic carbocycles. The number of benzene rings is 2. The number of hydrogen-bond acceptors (Lipinski definition) is 3. The van der Waals surface area contributed by atoms with Gasteiger partial charge in [-0.3, -0.25) is 0 Å². The summed E-state index contributed by atoms with van der Waals surface area (Å²) >= 11 is 3.44. The molecule has 29 heavy (non-hydrogen) atoms. The molecular formula is C23H28BrFN2O2. The molecule has 3 rings (SSSR count). The molecule has 0 bridgehead atoms. The molecule has 1 aliphatic rings. The highest BCUT2D eigenvalue weighted by Crippen LogP contribution is 2.44. The lowest BCUT2D eigenvalue weighted by Crippen LogP contribution is -2.50. The molecule has 1 saturated heterocycles. The molecule has 2 aromatic rings. The van der Waals surface area contributed by atoms with Gasteiger partial charge < -0.3 is 15.4 Å². The van der Waals surface area contributed by atoms with Gasteiger partial charge in [-0.1, -0.05) is 54.0 Å². The van der Waals surface area contributed by atoms with Crippen molar-refractivity contribution < 1.29 is 13.9 Å². The second-order valence-electron chi connectivity index (χ2n) is 8.59. The Hall–Kier alpha value is -1.92. The predicted molar refractivity (Wildman–Crippen MR) is 116 cm³/mol. The Bertz CT molecular complexity index is 854. The van der Waals surface area contributed by atoms with Crippen LogP contribution in [-0.2, 0) is 10.3 Å². The standard InChI is InChI=1S/C23H28BrFN2O2/c1-16(17-4-8-19(24)9-5-17)27-13-12-23(29-21(27)28,14-22(2,3)15-26)18-6-10-20(25)11-7-18/h4-11,16H,12-15,26H2,1-3H3/t16-,23?/m0/s1. The molecule has 1 unspecified atom stereocenters. The Morgan fingerprint density at radius 1 is 1.21 bits per heavy atom. The third kappa shape index (κ3) is 4.81. The van der Waals surface area contributed by atoms with Crippen molar-refractivity contribution in [2.24, 2.45) is 11.1 Å². The van der Waals surface area contributed by atoms with Gasteiger partial charge in [0.15, 0.2) is 0 Å². The van der Waals surface area contributed by atoms with Gasteiger partial charge in [0.05, 0.1) is 6.04 Å². The number of amides is 1. The van der Waals surface area contributed by atoms with E-state index in [2.05, 4.69) is 29.8 Å². The van der Waals surface area contributed by atoms with Crippen LogP contribution in [-0.4, -0.2) is 24.1 Å². The molecule has 0 aromatic heterocycles. The summed E-state index contributed by atoms with van der Waals surface area (Å²) in [6.45, 7) is 7.13. The van der Waals surface area contributed by atoms with Crippen molar-refractivity contribution in [1.82, 2.24) is 4.90 Å². The molecule has 1 heterocycles. The number of nitrogens with two attached hydrogens (primary N) is 1. The van der Waals surface area contributed by atoms with Gasteiger partial charge in [-0.15, -0.1) is 0 Å². The maximum absolute atomic E-state index is 13.5. The molecular weight excluding hydrogens is 435 g/mol. The fraction of sp³-hybridized carbons (Fsp3) is 0.435. The smallest absolute Gasteiger partial charge is 0.411 e. The predicted octanol–water partition coefficient (Wildman–Crippen LogP) is 5.76. The second-order valence-corrected chi connectivity index (χ2v) is 9.50. The van der Waals surface area contributed by atoms with Crippen molar-refractivity contribution in [1.29, 1.82) is 0 Å². The molecule has 1 amide bonds. The van der Waals surface area contributed by atoms with Crippen LogP contribution in [0.2, 0.25) is 0 Å². The first-order valence-electron chi connectivity index (χ1n) is 9.87. The molecule has 0 spiro atoms. The summed E-state index contributed by atoms with van der Waals surface area (Å²) in [7, 11) is 0. The highest BCUT2D eigenvalue weighted by Gasteiger charge is 2.46. The summed E-state index contributed by atoms with van der Waals surface area (Å²) in [5, 5.41) is 0. The normalized spacial score (nSPS) is 21.0. The van der Waals surface area contributed by atoms with E-state index in [1.165, 1.54) is 12.1 Å². The number of carbonyl (C=O) groups is 1. The van der Waals surface area contributed by atoms with E-state index in [1.54, 1.807) is 17.0 Å². The Morgan fingerprint density at radius 3 is 2.38 bits per heavy atom. The molecule has 2 N–H and O–H groups in total. The molecule has 6 heteroatoms. The fourth-order valence-electron chi connectivity index (χ4n) is 3.97. The maximum atomic E-state index is 13.5. The lowest BCUT2D eigenvalue weighted by Gasteiger charge is -2.46. The van der Waals surface area contributed by atoms with Crippen LogP contribution < -0.4 is 5.73 Å². The zero-order valence-electron chi connectivity index (χ0n) is 17.1. The van der Waals surface area contributed by atoms with Crippen molar-refractivity contribution in [3.05, 3.63) is 69.9 Å². The Morgan fingerprint density at radius 2 is 1.83 bits per heavy atom. The van der Waals surface area contributed by atoms with E-state index in [0.717, 1.165) is 15.6 Å².